The zero-order valence-electron chi connectivity index (χ0n) is 7.03. The minimum absolute atomic E-state index is 0.872. The summed E-state index contributed by atoms with van der Waals surface area (Å²) in [5.74, 6) is 1.05. The predicted molar refractivity (Wildman–Crippen MR) is 43.9 cm³/mol. The minimum atomic E-state index is 0.872. The van der Waals surface area contributed by atoms with E-state index in [9.17, 15) is 0 Å². The van der Waals surface area contributed by atoms with E-state index in [1.807, 2.05) is 0 Å². The molecule has 58 valence electrons. The van der Waals surface area contributed by atoms with Gasteiger partial charge in [-0.05, 0) is 30.6 Å². The largest absolute Gasteiger partial charge is 0.0620 e. The van der Waals surface area contributed by atoms with E-state index in [0.29, 0.717) is 0 Å². The van der Waals surface area contributed by atoms with Crippen LogP contribution in [0.25, 0.3) is 0 Å². The lowest BCUT2D eigenvalue weighted by atomic mass is 9.86. The van der Waals surface area contributed by atoms with E-state index < -0.39 is 0 Å². The topological polar surface area (TPSA) is 0 Å². The Balaban J connectivity index is 2.02. The summed E-state index contributed by atoms with van der Waals surface area (Å²) in [5.41, 5.74) is 0.872. The maximum absolute atomic E-state index is 2.47. The van der Waals surface area contributed by atoms with Gasteiger partial charge in [0.15, 0.2) is 0 Å². The van der Waals surface area contributed by atoms with Crippen molar-refractivity contribution < 1.29 is 0 Å². The van der Waals surface area contributed by atoms with E-state index in [1.54, 1.807) is 19.3 Å². The second-order valence-corrected chi connectivity index (χ2v) is 4.36. The molecule has 0 radical (unpaired) electrons. The highest BCUT2D eigenvalue weighted by Crippen LogP contribution is 2.58. The van der Waals surface area contributed by atoms with Crippen LogP contribution in [0.1, 0.15) is 51.9 Å². The second kappa shape index (κ2) is 2.25. The van der Waals surface area contributed by atoms with Crippen LogP contribution >= 0.6 is 0 Å². The quantitative estimate of drug-likeness (QED) is 0.481. The van der Waals surface area contributed by atoms with E-state index >= 15 is 0 Å². The summed E-state index contributed by atoms with van der Waals surface area (Å²) in [4.78, 5) is 0. The smallest absolute Gasteiger partial charge is 0.0271 e. The molecule has 0 heteroatoms. The Morgan fingerprint density at radius 1 is 1.00 bits per heavy atom. The van der Waals surface area contributed by atoms with Gasteiger partial charge in [-0.1, -0.05) is 32.6 Å². The molecule has 1 atom stereocenters. The molecule has 0 aromatic heterocycles. The molecule has 0 bridgehead atoms. The maximum Gasteiger partial charge on any atom is -0.0271 e. The lowest BCUT2D eigenvalue weighted by Gasteiger charge is -2.19. The first-order valence-corrected chi connectivity index (χ1v) is 4.83. The Hall–Kier alpha value is 0. The first-order valence-electron chi connectivity index (χ1n) is 4.83. The second-order valence-electron chi connectivity index (χ2n) is 4.36. The molecule has 0 aromatic rings. The van der Waals surface area contributed by atoms with E-state index in [-0.39, 0.29) is 0 Å². The Morgan fingerprint density at radius 2 is 1.80 bits per heavy atom. The summed E-state index contributed by atoms with van der Waals surface area (Å²) in [5, 5.41) is 0. The van der Waals surface area contributed by atoms with Crippen LogP contribution in [0.15, 0.2) is 0 Å². The van der Waals surface area contributed by atoms with Gasteiger partial charge >= 0.3 is 0 Å². The van der Waals surface area contributed by atoms with Crippen molar-refractivity contribution >= 4 is 0 Å². The van der Waals surface area contributed by atoms with Crippen molar-refractivity contribution in [3.63, 3.8) is 0 Å². The Morgan fingerprint density at radius 3 is 2.50 bits per heavy atom. The first-order chi connectivity index (χ1) is 4.83. The number of rotatable bonds is 0. The van der Waals surface area contributed by atoms with Crippen molar-refractivity contribution in [1.29, 1.82) is 0 Å². The molecule has 10 heavy (non-hydrogen) atoms. The first kappa shape index (κ1) is 6.69. The van der Waals surface area contributed by atoms with Crippen molar-refractivity contribution in [2.24, 2.45) is 11.3 Å². The molecular weight excluding hydrogens is 120 g/mol. The molecule has 2 aliphatic carbocycles. The fourth-order valence-corrected chi connectivity index (χ4v) is 2.56. The van der Waals surface area contributed by atoms with Crippen LogP contribution in [0.2, 0.25) is 0 Å². The van der Waals surface area contributed by atoms with Crippen LogP contribution in [0.4, 0.5) is 0 Å². The number of hydrogen-bond donors (Lipinski definition) is 0. The molecular formula is C10H18. The molecule has 1 unspecified atom stereocenters. The zero-order valence-corrected chi connectivity index (χ0v) is 7.03. The van der Waals surface area contributed by atoms with E-state index in [4.69, 9.17) is 0 Å². The van der Waals surface area contributed by atoms with E-state index in [1.165, 1.54) is 25.7 Å². The SMILES string of the molecule is CC1CCCCCC12CC2. The fraction of sp³-hybridized carbons (Fsp3) is 1.00. The van der Waals surface area contributed by atoms with Crippen LogP contribution in [-0.2, 0) is 0 Å². The van der Waals surface area contributed by atoms with Gasteiger partial charge in [-0.3, -0.25) is 0 Å². The summed E-state index contributed by atoms with van der Waals surface area (Å²) in [7, 11) is 0. The third-order valence-electron chi connectivity index (χ3n) is 3.75. The highest BCUT2D eigenvalue weighted by Gasteiger charge is 2.46. The molecule has 2 saturated carbocycles. The molecule has 0 N–H and O–H groups in total. The van der Waals surface area contributed by atoms with Crippen LogP contribution in [0, 0.1) is 11.3 Å². The molecule has 0 aromatic carbocycles. The van der Waals surface area contributed by atoms with E-state index in [0.717, 1.165) is 11.3 Å². The third-order valence-corrected chi connectivity index (χ3v) is 3.75. The van der Waals surface area contributed by atoms with Gasteiger partial charge in [0.05, 0.1) is 0 Å². The molecule has 1 spiro atoms. The van der Waals surface area contributed by atoms with Gasteiger partial charge in [-0.2, -0.15) is 0 Å². The van der Waals surface area contributed by atoms with Gasteiger partial charge in [0.1, 0.15) is 0 Å². The number of hydrogen-bond acceptors (Lipinski definition) is 0. The zero-order chi connectivity index (χ0) is 7.03. The average molecular weight is 138 g/mol. The van der Waals surface area contributed by atoms with Crippen molar-refractivity contribution in [2.75, 3.05) is 0 Å². The standard InChI is InChI=1S/C10H18/c1-9-5-3-2-4-6-10(9)7-8-10/h9H,2-8H2,1H3. The lowest BCUT2D eigenvalue weighted by molar-refractivity contribution is 0.313. The summed E-state index contributed by atoms with van der Waals surface area (Å²) in [6.07, 6.45) is 10.7. The lowest BCUT2D eigenvalue weighted by Crippen LogP contribution is -2.09. The van der Waals surface area contributed by atoms with Gasteiger partial charge in [0.25, 0.3) is 0 Å². The van der Waals surface area contributed by atoms with E-state index in [2.05, 4.69) is 6.92 Å². The van der Waals surface area contributed by atoms with Crippen molar-refractivity contribution in [3.8, 4) is 0 Å². The van der Waals surface area contributed by atoms with Gasteiger partial charge in [-0.25, -0.2) is 0 Å². The van der Waals surface area contributed by atoms with Crippen LogP contribution in [0.3, 0.4) is 0 Å². The third kappa shape index (κ3) is 0.980. The summed E-state index contributed by atoms with van der Waals surface area (Å²) in [6.45, 7) is 2.47. The molecule has 0 saturated heterocycles. The molecule has 2 aliphatic rings. The summed E-state index contributed by atoms with van der Waals surface area (Å²) < 4.78 is 0. The van der Waals surface area contributed by atoms with Crippen molar-refractivity contribution in [2.45, 2.75) is 51.9 Å². The Bertz CT molecular complexity index is 122. The van der Waals surface area contributed by atoms with Gasteiger partial charge in [0, 0.05) is 0 Å². The summed E-state index contributed by atoms with van der Waals surface area (Å²) in [6, 6.07) is 0. The normalized spacial score (nSPS) is 37.5. The predicted octanol–water partition coefficient (Wildman–Crippen LogP) is 3.37. The highest BCUT2D eigenvalue weighted by molar-refractivity contribution is 4.97. The average Bonchev–Trinajstić information content (AvgIpc) is 2.69. The maximum atomic E-state index is 2.47. The Labute approximate surface area is 64.0 Å². The highest BCUT2D eigenvalue weighted by atomic mass is 14.5. The summed E-state index contributed by atoms with van der Waals surface area (Å²) >= 11 is 0. The minimum Gasteiger partial charge on any atom is -0.0620 e. The van der Waals surface area contributed by atoms with Gasteiger partial charge < -0.3 is 0 Å². The molecule has 0 nitrogen and oxygen atoms in total. The van der Waals surface area contributed by atoms with Crippen molar-refractivity contribution in [1.82, 2.24) is 0 Å². The Kier molecular flexibility index (Phi) is 1.51. The fourth-order valence-electron chi connectivity index (χ4n) is 2.56. The monoisotopic (exact) mass is 138 g/mol. The van der Waals surface area contributed by atoms with Crippen LogP contribution in [-0.4, -0.2) is 0 Å². The van der Waals surface area contributed by atoms with Crippen molar-refractivity contribution in [3.05, 3.63) is 0 Å². The van der Waals surface area contributed by atoms with Crippen LogP contribution < -0.4 is 0 Å². The molecule has 2 rings (SSSR count). The molecule has 0 heterocycles. The van der Waals surface area contributed by atoms with Crippen LogP contribution in [0.5, 0.6) is 0 Å². The molecule has 0 aliphatic heterocycles. The van der Waals surface area contributed by atoms with Gasteiger partial charge in [-0.15, -0.1) is 0 Å². The molecule has 0 amide bonds. The van der Waals surface area contributed by atoms with Gasteiger partial charge in [0.2, 0.25) is 0 Å². The molecule has 2 fully saturated rings.